The summed E-state index contributed by atoms with van der Waals surface area (Å²) in [7, 11) is 0. The minimum Gasteiger partial charge on any atom is -0.452 e. The predicted molar refractivity (Wildman–Crippen MR) is 84.7 cm³/mol. The van der Waals surface area contributed by atoms with E-state index >= 15 is 0 Å². The summed E-state index contributed by atoms with van der Waals surface area (Å²) in [4.78, 5) is 22.4. The number of hydrogen-bond acceptors (Lipinski definition) is 6. The van der Waals surface area contributed by atoms with Gasteiger partial charge >= 0.3 is 17.8 Å². The summed E-state index contributed by atoms with van der Waals surface area (Å²) in [5.41, 5.74) is -2.21. The number of fused-ring (bicyclic) bond motifs is 1. The molecule has 0 radical (unpaired) electrons. The van der Waals surface area contributed by atoms with Gasteiger partial charge in [0.05, 0.1) is 10.5 Å². The molecular formula is C17H12F3NO6. The lowest BCUT2D eigenvalue weighted by atomic mass is 10.1. The van der Waals surface area contributed by atoms with Gasteiger partial charge in [0.15, 0.2) is 0 Å². The number of ether oxygens (including phenoxy) is 3. The number of hydrogen-bond donors (Lipinski definition) is 0. The molecule has 0 saturated heterocycles. The maximum Gasteiger partial charge on any atom is 0.416 e. The van der Waals surface area contributed by atoms with E-state index in [1.807, 2.05) is 0 Å². The van der Waals surface area contributed by atoms with Crippen molar-refractivity contribution in [2.45, 2.75) is 25.8 Å². The topological polar surface area (TPSA) is 87.9 Å². The van der Waals surface area contributed by atoms with Crippen LogP contribution in [0, 0.1) is 10.1 Å². The van der Waals surface area contributed by atoms with E-state index in [0.29, 0.717) is 12.1 Å². The molecule has 1 aliphatic rings. The van der Waals surface area contributed by atoms with Gasteiger partial charge in [-0.05, 0) is 24.3 Å². The van der Waals surface area contributed by atoms with E-state index in [0.717, 1.165) is 6.07 Å². The Morgan fingerprint density at radius 2 is 1.81 bits per heavy atom. The Hall–Kier alpha value is -3.30. The van der Waals surface area contributed by atoms with Crippen LogP contribution in [0.25, 0.3) is 0 Å². The summed E-state index contributed by atoms with van der Waals surface area (Å²) in [6.45, 7) is 3.03. The summed E-state index contributed by atoms with van der Waals surface area (Å²) in [5, 5.41) is 11.2. The summed E-state index contributed by atoms with van der Waals surface area (Å²) < 4.78 is 54.4. The van der Waals surface area contributed by atoms with Crippen LogP contribution in [0.3, 0.4) is 0 Å². The number of benzene rings is 2. The van der Waals surface area contributed by atoms with Gasteiger partial charge in [-0.25, -0.2) is 4.79 Å². The van der Waals surface area contributed by atoms with Crippen molar-refractivity contribution in [2.75, 3.05) is 0 Å². The number of nitrogens with zero attached hydrogens (tertiary/aromatic N) is 1. The predicted octanol–water partition coefficient (Wildman–Crippen LogP) is 4.69. The van der Waals surface area contributed by atoms with Gasteiger partial charge in [0, 0.05) is 19.9 Å². The van der Waals surface area contributed by atoms with Crippen LogP contribution >= 0.6 is 0 Å². The third-order valence-corrected chi connectivity index (χ3v) is 3.59. The van der Waals surface area contributed by atoms with E-state index in [9.17, 15) is 28.1 Å². The largest absolute Gasteiger partial charge is 0.452 e. The molecule has 0 fully saturated rings. The van der Waals surface area contributed by atoms with E-state index in [1.54, 1.807) is 0 Å². The molecule has 2 aromatic rings. The fourth-order valence-corrected chi connectivity index (χ4v) is 2.48. The molecule has 0 amide bonds. The van der Waals surface area contributed by atoms with Crippen molar-refractivity contribution in [3.8, 4) is 17.2 Å². The van der Waals surface area contributed by atoms with Crippen LogP contribution < -0.4 is 9.47 Å². The molecular weight excluding hydrogens is 371 g/mol. The quantitative estimate of drug-likeness (QED) is 0.434. The Balaban J connectivity index is 2.05. The van der Waals surface area contributed by atoms with E-state index < -0.39 is 39.9 Å². The van der Waals surface area contributed by atoms with Crippen molar-refractivity contribution in [3.63, 3.8) is 0 Å². The van der Waals surface area contributed by atoms with Crippen molar-refractivity contribution in [2.24, 2.45) is 0 Å². The number of carbonyl (C=O) groups excluding carboxylic acids is 1. The zero-order valence-corrected chi connectivity index (χ0v) is 14.0. The van der Waals surface area contributed by atoms with E-state index in [4.69, 9.17) is 14.2 Å². The van der Waals surface area contributed by atoms with Crippen molar-refractivity contribution >= 4 is 11.7 Å². The summed E-state index contributed by atoms with van der Waals surface area (Å²) in [6.07, 6.45) is -4.75. The normalized spacial score (nSPS) is 15.4. The molecule has 27 heavy (non-hydrogen) atoms. The number of nitro benzene ring substituents is 1. The monoisotopic (exact) mass is 383 g/mol. The Labute approximate surface area is 150 Å². The molecule has 10 heteroatoms. The van der Waals surface area contributed by atoms with Gasteiger partial charge in [-0.1, -0.05) is 6.07 Å². The Bertz CT molecular complexity index is 939. The highest BCUT2D eigenvalue weighted by Gasteiger charge is 2.37. The lowest BCUT2D eigenvalue weighted by Crippen LogP contribution is -2.38. The molecule has 1 heterocycles. The van der Waals surface area contributed by atoms with E-state index in [-0.39, 0.29) is 17.1 Å². The summed E-state index contributed by atoms with van der Waals surface area (Å²) in [6, 6.07) is 6.10. The Kier molecular flexibility index (Phi) is 4.21. The smallest absolute Gasteiger partial charge is 0.416 e. The van der Waals surface area contributed by atoms with Crippen LogP contribution in [0.5, 0.6) is 17.2 Å². The maximum atomic E-state index is 12.8. The second-order valence-corrected chi connectivity index (χ2v) is 6.06. The second kappa shape index (κ2) is 6.15. The lowest BCUT2D eigenvalue weighted by Gasteiger charge is -2.32. The van der Waals surface area contributed by atoms with Crippen LogP contribution in [-0.4, -0.2) is 16.7 Å². The number of rotatable bonds is 3. The number of alkyl halides is 3. The molecule has 0 spiro atoms. The molecule has 1 aliphatic heterocycles. The molecule has 0 saturated carbocycles. The van der Waals surface area contributed by atoms with E-state index in [2.05, 4.69) is 0 Å². The highest BCUT2D eigenvalue weighted by molar-refractivity contribution is 5.96. The molecule has 0 unspecified atom stereocenters. The maximum absolute atomic E-state index is 12.8. The SMILES string of the molecule is CC1(C)OC(=O)c2c(Oc3ccc(C(F)(F)F)cc3[N+](=O)[O-])cccc2O1. The van der Waals surface area contributed by atoms with Crippen molar-refractivity contribution in [3.05, 3.63) is 57.6 Å². The molecule has 0 N–H and O–H groups in total. The lowest BCUT2D eigenvalue weighted by molar-refractivity contribution is -0.385. The summed E-state index contributed by atoms with van der Waals surface area (Å²) >= 11 is 0. The standard InChI is InChI=1S/C17H12F3NO6/c1-16(2)26-13-5-3-4-12(14(13)15(22)27-16)25-11-7-6-9(17(18,19)20)8-10(11)21(23)24/h3-8H,1-2H3. The number of cyclic esters (lactones) is 1. The second-order valence-electron chi connectivity index (χ2n) is 6.06. The zero-order valence-electron chi connectivity index (χ0n) is 14.0. The molecule has 7 nitrogen and oxygen atoms in total. The molecule has 0 bridgehead atoms. The molecule has 142 valence electrons. The molecule has 3 rings (SSSR count). The van der Waals surface area contributed by atoms with Crippen LogP contribution in [0.2, 0.25) is 0 Å². The van der Waals surface area contributed by atoms with Crippen molar-refractivity contribution in [1.82, 2.24) is 0 Å². The molecule has 0 aliphatic carbocycles. The Morgan fingerprint density at radius 1 is 1.11 bits per heavy atom. The van der Waals surface area contributed by atoms with Gasteiger partial charge in [-0.15, -0.1) is 0 Å². The van der Waals surface area contributed by atoms with Gasteiger partial charge in [0.25, 0.3) is 0 Å². The van der Waals surface area contributed by atoms with E-state index in [1.165, 1.54) is 32.0 Å². The third kappa shape index (κ3) is 3.64. The number of carbonyl (C=O) groups is 1. The van der Waals surface area contributed by atoms with Gasteiger partial charge in [0.2, 0.25) is 11.5 Å². The van der Waals surface area contributed by atoms with Crippen molar-refractivity contribution in [1.29, 1.82) is 0 Å². The third-order valence-electron chi connectivity index (χ3n) is 3.59. The average Bonchev–Trinajstić information content (AvgIpc) is 2.52. The van der Waals surface area contributed by atoms with Gasteiger partial charge in [-0.3, -0.25) is 10.1 Å². The fourth-order valence-electron chi connectivity index (χ4n) is 2.48. The zero-order chi connectivity index (χ0) is 20.0. The first-order valence-corrected chi connectivity index (χ1v) is 7.57. The number of esters is 1. The van der Waals surface area contributed by atoms with Gasteiger partial charge in [-0.2, -0.15) is 13.2 Å². The highest BCUT2D eigenvalue weighted by atomic mass is 19.4. The van der Waals surface area contributed by atoms with Crippen LogP contribution in [-0.2, 0) is 10.9 Å². The van der Waals surface area contributed by atoms with Gasteiger partial charge in [0.1, 0.15) is 17.1 Å². The minimum absolute atomic E-state index is 0.119. The van der Waals surface area contributed by atoms with Crippen LogP contribution in [0.15, 0.2) is 36.4 Å². The minimum atomic E-state index is -4.75. The molecule has 0 aromatic heterocycles. The molecule has 2 aromatic carbocycles. The van der Waals surface area contributed by atoms with Crippen LogP contribution in [0.1, 0.15) is 29.8 Å². The highest BCUT2D eigenvalue weighted by Crippen LogP contribution is 2.42. The number of nitro groups is 1. The fraction of sp³-hybridized carbons (Fsp3) is 0.235. The average molecular weight is 383 g/mol. The first kappa shape index (κ1) is 18.5. The number of halogens is 3. The first-order valence-electron chi connectivity index (χ1n) is 7.57. The summed E-state index contributed by atoms with van der Waals surface area (Å²) in [5.74, 6) is -2.48. The van der Waals surface area contributed by atoms with Crippen molar-refractivity contribution < 1.29 is 37.1 Å². The Morgan fingerprint density at radius 3 is 2.44 bits per heavy atom. The van der Waals surface area contributed by atoms with Gasteiger partial charge < -0.3 is 14.2 Å². The first-order chi connectivity index (χ1) is 12.5. The molecule has 0 atom stereocenters. The van der Waals surface area contributed by atoms with Crippen LogP contribution in [0.4, 0.5) is 18.9 Å².